The maximum Gasteiger partial charge on any atom is 0.101 e. The topological polar surface area (TPSA) is 30.7 Å². The molecule has 0 radical (unpaired) electrons. The Morgan fingerprint density at radius 1 is 1.35 bits per heavy atom. The van der Waals surface area contributed by atoms with Crippen molar-refractivity contribution in [1.82, 2.24) is 15.0 Å². The number of hydrogen-bond acceptors (Lipinski definition) is 2. The van der Waals surface area contributed by atoms with Crippen LogP contribution in [0.15, 0.2) is 6.20 Å². The third-order valence-corrected chi connectivity index (χ3v) is 4.51. The van der Waals surface area contributed by atoms with Crippen LogP contribution in [0.3, 0.4) is 0 Å². The monoisotopic (exact) mass is 255 g/mol. The first-order valence-corrected chi connectivity index (χ1v) is 7.24. The Labute approximate surface area is 109 Å². The second-order valence-electron chi connectivity index (χ2n) is 5.08. The van der Waals surface area contributed by atoms with E-state index in [1.54, 1.807) is 0 Å². The van der Waals surface area contributed by atoms with Crippen molar-refractivity contribution in [1.29, 1.82) is 0 Å². The molecule has 4 heteroatoms. The standard InChI is InChI=1S/C13H22ClN3/c1-3-10-5-7-11(8-6-10)17-9-13(15-16-17)12(14)4-2/h9-12H,3-8H2,1-2H3. The molecule has 96 valence electrons. The lowest BCUT2D eigenvalue weighted by atomic mass is 9.85. The lowest BCUT2D eigenvalue weighted by Gasteiger charge is -2.27. The highest BCUT2D eigenvalue weighted by molar-refractivity contribution is 6.20. The van der Waals surface area contributed by atoms with Crippen LogP contribution in [0.5, 0.6) is 0 Å². The van der Waals surface area contributed by atoms with Crippen LogP contribution in [-0.4, -0.2) is 15.0 Å². The van der Waals surface area contributed by atoms with E-state index in [-0.39, 0.29) is 5.38 Å². The molecule has 1 aliphatic rings. The summed E-state index contributed by atoms with van der Waals surface area (Å²) in [6.07, 6.45) is 9.39. The van der Waals surface area contributed by atoms with Gasteiger partial charge in [-0.25, -0.2) is 4.68 Å². The second-order valence-corrected chi connectivity index (χ2v) is 5.61. The molecule has 0 bridgehead atoms. The number of hydrogen-bond donors (Lipinski definition) is 0. The fourth-order valence-corrected chi connectivity index (χ4v) is 2.74. The number of rotatable bonds is 4. The second kappa shape index (κ2) is 5.85. The largest absolute Gasteiger partial charge is 0.249 e. The molecule has 1 aromatic rings. The van der Waals surface area contributed by atoms with E-state index >= 15 is 0 Å². The summed E-state index contributed by atoms with van der Waals surface area (Å²) in [7, 11) is 0. The Hall–Kier alpha value is -0.570. The zero-order chi connectivity index (χ0) is 12.3. The van der Waals surface area contributed by atoms with Gasteiger partial charge in [-0.1, -0.05) is 25.5 Å². The van der Waals surface area contributed by atoms with Gasteiger partial charge in [-0.15, -0.1) is 16.7 Å². The van der Waals surface area contributed by atoms with Crippen LogP contribution >= 0.6 is 11.6 Å². The van der Waals surface area contributed by atoms with Crippen molar-refractivity contribution in [2.24, 2.45) is 5.92 Å². The van der Waals surface area contributed by atoms with E-state index in [9.17, 15) is 0 Å². The minimum Gasteiger partial charge on any atom is -0.249 e. The van der Waals surface area contributed by atoms with Crippen LogP contribution in [0, 0.1) is 5.92 Å². The molecule has 0 amide bonds. The molecule has 0 aliphatic heterocycles. The Morgan fingerprint density at radius 2 is 2.06 bits per heavy atom. The smallest absolute Gasteiger partial charge is 0.101 e. The van der Waals surface area contributed by atoms with Gasteiger partial charge in [0, 0.05) is 0 Å². The molecule has 1 fully saturated rings. The third-order valence-electron chi connectivity index (χ3n) is 3.98. The summed E-state index contributed by atoms with van der Waals surface area (Å²) < 4.78 is 2.03. The first kappa shape index (κ1) is 12.9. The molecule has 2 rings (SSSR count). The zero-order valence-electron chi connectivity index (χ0n) is 10.8. The Bertz CT molecular complexity index is 342. The number of alkyl halides is 1. The van der Waals surface area contributed by atoms with Crippen molar-refractivity contribution < 1.29 is 0 Å². The van der Waals surface area contributed by atoms with Gasteiger partial charge < -0.3 is 0 Å². The van der Waals surface area contributed by atoms with Crippen molar-refractivity contribution in [2.45, 2.75) is 63.8 Å². The van der Waals surface area contributed by atoms with Gasteiger partial charge in [-0.05, 0) is 38.0 Å². The van der Waals surface area contributed by atoms with Crippen LogP contribution in [-0.2, 0) is 0 Å². The molecular weight excluding hydrogens is 234 g/mol. The molecule has 0 N–H and O–H groups in total. The normalized spacial score (nSPS) is 27.0. The van der Waals surface area contributed by atoms with Crippen LogP contribution < -0.4 is 0 Å². The summed E-state index contributed by atoms with van der Waals surface area (Å²) in [6.45, 7) is 4.36. The van der Waals surface area contributed by atoms with Crippen molar-refractivity contribution in [2.75, 3.05) is 0 Å². The Kier molecular flexibility index (Phi) is 4.43. The number of nitrogens with zero attached hydrogens (tertiary/aromatic N) is 3. The van der Waals surface area contributed by atoms with Crippen LogP contribution in [0.4, 0.5) is 0 Å². The Morgan fingerprint density at radius 3 is 2.65 bits per heavy atom. The molecule has 1 aliphatic carbocycles. The summed E-state index contributed by atoms with van der Waals surface area (Å²) in [5.41, 5.74) is 0.923. The van der Waals surface area contributed by atoms with E-state index < -0.39 is 0 Å². The Balaban J connectivity index is 1.97. The fourth-order valence-electron chi connectivity index (χ4n) is 2.64. The molecule has 3 nitrogen and oxygen atoms in total. The van der Waals surface area contributed by atoms with Gasteiger partial charge >= 0.3 is 0 Å². The van der Waals surface area contributed by atoms with E-state index in [1.807, 2.05) is 10.9 Å². The van der Waals surface area contributed by atoms with E-state index in [0.29, 0.717) is 6.04 Å². The van der Waals surface area contributed by atoms with Gasteiger partial charge in [0.2, 0.25) is 0 Å². The molecule has 1 unspecified atom stereocenters. The third kappa shape index (κ3) is 3.01. The van der Waals surface area contributed by atoms with E-state index in [2.05, 4.69) is 24.2 Å². The summed E-state index contributed by atoms with van der Waals surface area (Å²) in [6, 6.07) is 0.541. The highest BCUT2D eigenvalue weighted by atomic mass is 35.5. The first-order chi connectivity index (χ1) is 8.24. The van der Waals surface area contributed by atoms with Crippen molar-refractivity contribution >= 4 is 11.6 Å². The molecule has 1 atom stereocenters. The highest BCUT2D eigenvalue weighted by Crippen LogP contribution is 2.33. The average Bonchev–Trinajstić information content (AvgIpc) is 2.87. The molecular formula is C13H22ClN3. The number of halogens is 1. The molecule has 0 saturated heterocycles. The summed E-state index contributed by atoms with van der Waals surface area (Å²) >= 11 is 6.17. The van der Waals surface area contributed by atoms with Gasteiger partial charge in [-0.2, -0.15) is 0 Å². The summed E-state index contributed by atoms with van der Waals surface area (Å²) in [5.74, 6) is 0.922. The van der Waals surface area contributed by atoms with E-state index in [4.69, 9.17) is 11.6 Å². The number of aromatic nitrogens is 3. The maximum absolute atomic E-state index is 6.17. The van der Waals surface area contributed by atoms with Gasteiger partial charge in [0.15, 0.2) is 0 Å². The van der Waals surface area contributed by atoms with E-state index in [0.717, 1.165) is 18.0 Å². The SMILES string of the molecule is CCC1CCC(n2cc(C(Cl)CC)nn2)CC1. The molecule has 1 saturated carbocycles. The minimum atomic E-state index is 0.00994. The molecule has 1 heterocycles. The predicted molar refractivity (Wildman–Crippen MR) is 70.2 cm³/mol. The summed E-state index contributed by atoms with van der Waals surface area (Å²) in [4.78, 5) is 0. The predicted octanol–water partition coefficient (Wildman–Crippen LogP) is 4.11. The van der Waals surface area contributed by atoms with Crippen LogP contribution in [0.2, 0.25) is 0 Å². The fraction of sp³-hybridized carbons (Fsp3) is 0.846. The minimum absolute atomic E-state index is 0.00994. The zero-order valence-corrected chi connectivity index (χ0v) is 11.5. The molecule has 0 spiro atoms. The van der Waals surface area contributed by atoms with Gasteiger partial charge in [-0.3, -0.25) is 0 Å². The van der Waals surface area contributed by atoms with Gasteiger partial charge in [0.25, 0.3) is 0 Å². The quantitative estimate of drug-likeness (QED) is 0.758. The summed E-state index contributed by atoms with van der Waals surface area (Å²) in [5, 5.41) is 8.43. The van der Waals surface area contributed by atoms with Crippen molar-refractivity contribution in [3.05, 3.63) is 11.9 Å². The van der Waals surface area contributed by atoms with Gasteiger partial charge in [0.05, 0.1) is 17.6 Å². The van der Waals surface area contributed by atoms with E-state index in [1.165, 1.54) is 32.1 Å². The lowest BCUT2D eigenvalue weighted by molar-refractivity contribution is 0.253. The van der Waals surface area contributed by atoms with Crippen LogP contribution in [0.25, 0.3) is 0 Å². The molecule has 0 aromatic carbocycles. The highest BCUT2D eigenvalue weighted by Gasteiger charge is 2.22. The molecule has 17 heavy (non-hydrogen) atoms. The maximum atomic E-state index is 6.17. The van der Waals surface area contributed by atoms with Gasteiger partial charge in [0.1, 0.15) is 5.69 Å². The molecule has 1 aromatic heterocycles. The van der Waals surface area contributed by atoms with Crippen LogP contribution in [0.1, 0.15) is 69.5 Å². The average molecular weight is 256 g/mol. The van der Waals surface area contributed by atoms with Crippen molar-refractivity contribution in [3.63, 3.8) is 0 Å². The lowest BCUT2D eigenvalue weighted by Crippen LogP contribution is -2.18. The van der Waals surface area contributed by atoms with Crippen molar-refractivity contribution in [3.8, 4) is 0 Å². The first-order valence-electron chi connectivity index (χ1n) is 6.80.